The van der Waals surface area contributed by atoms with Crippen LogP contribution in [0.15, 0.2) is 12.1 Å². The van der Waals surface area contributed by atoms with Crippen molar-refractivity contribution in [2.24, 2.45) is 0 Å². The van der Waals surface area contributed by atoms with Gasteiger partial charge in [-0.2, -0.15) is 0 Å². The molecule has 0 fully saturated rings. The molecule has 106 valence electrons. The van der Waals surface area contributed by atoms with E-state index in [0.717, 1.165) is 24.2 Å². The Morgan fingerprint density at radius 3 is 2.26 bits per heavy atom. The molecule has 0 bridgehead atoms. The second-order valence-corrected chi connectivity index (χ2v) is 6.59. The Balaban J connectivity index is 2.25. The SMILES string of the molecule is COc1cc2c(cc1OC)CC(NS(C)(=O)=O)CC2. The van der Waals surface area contributed by atoms with E-state index in [-0.39, 0.29) is 6.04 Å². The molecular formula is C13H19NO4S. The summed E-state index contributed by atoms with van der Waals surface area (Å²) in [6.07, 6.45) is 3.51. The minimum Gasteiger partial charge on any atom is -0.493 e. The van der Waals surface area contributed by atoms with Gasteiger partial charge in [-0.25, -0.2) is 13.1 Å². The van der Waals surface area contributed by atoms with Crippen molar-refractivity contribution in [3.8, 4) is 11.5 Å². The molecule has 0 aliphatic heterocycles. The zero-order valence-corrected chi connectivity index (χ0v) is 12.2. The lowest BCUT2D eigenvalue weighted by Crippen LogP contribution is -2.38. The van der Waals surface area contributed by atoms with E-state index in [1.54, 1.807) is 14.2 Å². The van der Waals surface area contributed by atoms with Gasteiger partial charge in [0, 0.05) is 6.04 Å². The summed E-state index contributed by atoms with van der Waals surface area (Å²) in [6, 6.07) is 3.87. The molecule has 1 unspecified atom stereocenters. The summed E-state index contributed by atoms with van der Waals surface area (Å²) < 4.78 is 35.8. The van der Waals surface area contributed by atoms with Crippen molar-refractivity contribution in [1.29, 1.82) is 0 Å². The van der Waals surface area contributed by atoms with E-state index in [1.807, 2.05) is 12.1 Å². The van der Waals surface area contributed by atoms with Gasteiger partial charge >= 0.3 is 0 Å². The van der Waals surface area contributed by atoms with Crippen LogP contribution < -0.4 is 14.2 Å². The Morgan fingerprint density at radius 2 is 1.74 bits per heavy atom. The Morgan fingerprint density at radius 1 is 1.16 bits per heavy atom. The average Bonchev–Trinajstić information content (AvgIpc) is 2.35. The van der Waals surface area contributed by atoms with E-state index in [4.69, 9.17) is 9.47 Å². The van der Waals surface area contributed by atoms with Crippen LogP contribution in [-0.4, -0.2) is 34.9 Å². The maximum absolute atomic E-state index is 11.3. The van der Waals surface area contributed by atoms with Gasteiger partial charge in [0.1, 0.15) is 0 Å². The summed E-state index contributed by atoms with van der Waals surface area (Å²) in [4.78, 5) is 0. The van der Waals surface area contributed by atoms with Gasteiger partial charge in [-0.3, -0.25) is 0 Å². The van der Waals surface area contributed by atoms with Crippen molar-refractivity contribution in [2.75, 3.05) is 20.5 Å². The van der Waals surface area contributed by atoms with Crippen molar-refractivity contribution < 1.29 is 17.9 Å². The summed E-state index contributed by atoms with van der Waals surface area (Å²) in [5.74, 6) is 1.40. The molecule has 0 radical (unpaired) electrons. The molecule has 1 N–H and O–H groups in total. The van der Waals surface area contributed by atoms with E-state index in [2.05, 4.69) is 4.72 Å². The topological polar surface area (TPSA) is 64.6 Å². The molecular weight excluding hydrogens is 266 g/mol. The van der Waals surface area contributed by atoms with Crippen molar-refractivity contribution in [2.45, 2.75) is 25.3 Å². The van der Waals surface area contributed by atoms with Gasteiger partial charge in [-0.1, -0.05) is 0 Å². The van der Waals surface area contributed by atoms with Gasteiger partial charge in [-0.05, 0) is 42.5 Å². The lowest BCUT2D eigenvalue weighted by Gasteiger charge is -2.25. The first-order chi connectivity index (χ1) is 8.93. The van der Waals surface area contributed by atoms with Crippen LogP contribution in [0, 0.1) is 0 Å². The first-order valence-electron chi connectivity index (χ1n) is 6.14. The van der Waals surface area contributed by atoms with E-state index >= 15 is 0 Å². The number of nitrogens with one attached hydrogen (secondary N) is 1. The Bertz CT molecular complexity index is 568. The minimum atomic E-state index is -3.16. The fraction of sp³-hybridized carbons (Fsp3) is 0.538. The highest BCUT2D eigenvalue weighted by atomic mass is 32.2. The monoisotopic (exact) mass is 285 g/mol. The van der Waals surface area contributed by atoms with Gasteiger partial charge < -0.3 is 9.47 Å². The molecule has 1 aromatic carbocycles. The zero-order chi connectivity index (χ0) is 14.0. The zero-order valence-electron chi connectivity index (χ0n) is 11.4. The fourth-order valence-corrected chi connectivity index (χ4v) is 3.29. The lowest BCUT2D eigenvalue weighted by atomic mass is 9.88. The maximum Gasteiger partial charge on any atom is 0.208 e. The normalized spacial score (nSPS) is 18.8. The molecule has 0 saturated heterocycles. The highest BCUT2D eigenvalue weighted by Gasteiger charge is 2.23. The predicted molar refractivity (Wildman–Crippen MR) is 73.3 cm³/mol. The van der Waals surface area contributed by atoms with Crippen LogP contribution in [0.3, 0.4) is 0 Å². The van der Waals surface area contributed by atoms with Crippen LogP contribution in [0.2, 0.25) is 0 Å². The number of ether oxygens (including phenoxy) is 2. The summed E-state index contributed by atoms with van der Waals surface area (Å²) in [5.41, 5.74) is 2.31. The minimum absolute atomic E-state index is 0.0411. The molecule has 0 heterocycles. The predicted octanol–water partition coefficient (Wildman–Crippen LogP) is 1.11. The van der Waals surface area contributed by atoms with Gasteiger partial charge in [-0.15, -0.1) is 0 Å². The van der Waals surface area contributed by atoms with Gasteiger partial charge in [0.05, 0.1) is 20.5 Å². The highest BCUT2D eigenvalue weighted by molar-refractivity contribution is 7.88. The molecule has 19 heavy (non-hydrogen) atoms. The van der Waals surface area contributed by atoms with E-state index in [9.17, 15) is 8.42 Å². The van der Waals surface area contributed by atoms with Crippen molar-refractivity contribution >= 4 is 10.0 Å². The number of rotatable bonds is 4. The van der Waals surface area contributed by atoms with E-state index in [1.165, 1.54) is 11.8 Å². The third-order valence-electron chi connectivity index (χ3n) is 3.31. The number of fused-ring (bicyclic) bond motifs is 1. The quantitative estimate of drug-likeness (QED) is 0.900. The number of sulfonamides is 1. The molecule has 0 saturated carbocycles. The number of aryl methyl sites for hydroxylation is 1. The van der Waals surface area contributed by atoms with Crippen LogP contribution in [-0.2, 0) is 22.9 Å². The summed E-state index contributed by atoms with van der Waals surface area (Å²) in [7, 11) is 0.0480. The molecule has 0 amide bonds. The van der Waals surface area contributed by atoms with Gasteiger partial charge in [0.25, 0.3) is 0 Å². The average molecular weight is 285 g/mol. The van der Waals surface area contributed by atoms with Crippen molar-refractivity contribution in [3.05, 3.63) is 23.3 Å². The summed E-state index contributed by atoms with van der Waals surface area (Å²) in [5, 5.41) is 0. The smallest absolute Gasteiger partial charge is 0.208 e. The molecule has 1 aliphatic carbocycles. The lowest BCUT2D eigenvalue weighted by molar-refractivity contribution is 0.353. The van der Waals surface area contributed by atoms with Crippen LogP contribution in [0.5, 0.6) is 11.5 Å². The Labute approximate surface area is 114 Å². The standard InChI is InChI=1S/C13H19NO4S/c1-17-12-7-9-4-5-11(14-19(3,15)16)6-10(9)8-13(12)18-2/h7-8,11,14H,4-6H2,1-3H3. The maximum atomic E-state index is 11.3. The third kappa shape index (κ3) is 3.39. The molecule has 6 heteroatoms. The molecule has 0 spiro atoms. The van der Waals surface area contributed by atoms with Crippen molar-refractivity contribution in [3.63, 3.8) is 0 Å². The number of hydrogen-bond donors (Lipinski definition) is 1. The number of methoxy groups -OCH3 is 2. The molecule has 0 aromatic heterocycles. The number of hydrogen-bond acceptors (Lipinski definition) is 4. The van der Waals surface area contributed by atoms with Crippen LogP contribution in [0.1, 0.15) is 17.5 Å². The highest BCUT2D eigenvalue weighted by Crippen LogP contribution is 2.34. The van der Waals surface area contributed by atoms with Crippen LogP contribution in [0.4, 0.5) is 0 Å². The third-order valence-corrected chi connectivity index (χ3v) is 4.08. The Hall–Kier alpha value is -1.27. The second kappa shape index (κ2) is 5.38. The van der Waals surface area contributed by atoms with Crippen molar-refractivity contribution in [1.82, 2.24) is 4.72 Å². The van der Waals surface area contributed by atoms with E-state index in [0.29, 0.717) is 12.2 Å². The molecule has 1 aliphatic rings. The molecule has 1 atom stereocenters. The molecule has 1 aromatic rings. The summed E-state index contributed by atoms with van der Waals surface area (Å²) >= 11 is 0. The van der Waals surface area contributed by atoms with Gasteiger partial charge in [0.15, 0.2) is 11.5 Å². The van der Waals surface area contributed by atoms with Gasteiger partial charge in [0.2, 0.25) is 10.0 Å². The molecule has 5 nitrogen and oxygen atoms in total. The largest absolute Gasteiger partial charge is 0.493 e. The first kappa shape index (κ1) is 14.1. The second-order valence-electron chi connectivity index (χ2n) is 4.81. The Kier molecular flexibility index (Phi) is 4.01. The number of benzene rings is 1. The van der Waals surface area contributed by atoms with Crippen LogP contribution >= 0.6 is 0 Å². The van der Waals surface area contributed by atoms with E-state index < -0.39 is 10.0 Å². The fourth-order valence-electron chi connectivity index (χ4n) is 2.49. The molecule has 2 rings (SSSR count). The van der Waals surface area contributed by atoms with Crippen LogP contribution in [0.25, 0.3) is 0 Å². The first-order valence-corrected chi connectivity index (χ1v) is 8.03. The summed E-state index contributed by atoms with van der Waals surface area (Å²) in [6.45, 7) is 0.